The zero-order valence-electron chi connectivity index (χ0n) is 12.8. The summed E-state index contributed by atoms with van der Waals surface area (Å²) in [6.07, 6.45) is 2.03. The Balaban J connectivity index is 1.82. The van der Waals surface area contributed by atoms with Gasteiger partial charge in [-0.05, 0) is 37.1 Å². The molecule has 0 heterocycles. The van der Waals surface area contributed by atoms with Gasteiger partial charge in [0.05, 0.1) is 23.9 Å². The Morgan fingerprint density at radius 1 is 0.957 bits per heavy atom. The van der Waals surface area contributed by atoms with Gasteiger partial charge in [-0.3, -0.25) is 9.59 Å². The van der Waals surface area contributed by atoms with Crippen LogP contribution in [0, 0.1) is 0 Å². The number of carbonyl (C=O) groups excluding carboxylic acids is 2. The predicted octanol–water partition coefficient (Wildman–Crippen LogP) is 2.84. The van der Waals surface area contributed by atoms with Gasteiger partial charge in [-0.15, -0.1) is 0 Å². The second-order valence-corrected chi connectivity index (χ2v) is 5.45. The van der Waals surface area contributed by atoms with Crippen LogP contribution in [-0.2, 0) is 0 Å². The lowest BCUT2D eigenvalue weighted by Crippen LogP contribution is -2.27. The third-order valence-corrected chi connectivity index (χ3v) is 3.68. The van der Waals surface area contributed by atoms with E-state index in [4.69, 9.17) is 4.74 Å². The van der Waals surface area contributed by atoms with Gasteiger partial charge < -0.3 is 15.4 Å². The molecule has 118 valence electrons. The third kappa shape index (κ3) is 3.51. The quantitative estimate of drug-likeness (QED) is 0.892. The Labute approximate surface area is 134 Å². The molecule has 2 aromatic carbocycles. The molecule has 0 saturated heterocycles. The molecular weight excluding hydrogens is 292 g/mol. The highest BCUT2D eigenvalue weighted by Gasteiger charge is 2.25. The fourth-order valence-electron chi connectivity index (χ4n) is 2.30. The Bertz CT molecular complexity index is 739. The highest BCUT2D eigenvalue weighted by Crippen LogP contribution is 2.23. The van der Waals surface area contributed by atoms with Crippen LogP contribution in [0.3, 0.4) is 0 Å². The Morgan fingerprint density at radius 2 is 1.61 bits per heavy atom. The third-order valence-electron chi connectivity index (χ3n) is 3.68. The minimum absolute atomic E-state index is 0.163. The number of nitrogens with one attached hydrogen (secondary N) is 2. The van der Waals surface area contributed by atoms with Crippen molar-refractivity contribution in [2.75, 3.05) is 12.4 Å². The molecule has 0 radical (unpaired) electrons. The van der Waals surface area contributed by atoms with E-state index in [1.54, 1.807) is 48.5 Å². The standard InChI is InChI=1S/C18H18N2O3/c1-23-16-9-5-3-7-14(16)18(22)20-15-8-4-2-6-13(15)17(21)19-12-10-11-12/h2-9,12H,10-11H2,1H3,(H,19,21)(H,20,22). The molecule has 2 aromatic rings. The van der Waals surface area contributed by atoms with Crippen LogP contribution in [0.5, 0.6) is 5.75 Å². The summed E-state index contributed by atoms with van der Waals surface area (Å²) in [7, 11) is 1.52. The first-order valence-corrected chi connectivity index (χ1v) is 7.53. The topological polar surface area (TPSA) is 67.4 Å². The molecule has 1 aliphatic carbocycles. The van der Waals surface area contributed by atoms with Crippen LogP contribution in [0.4, 0.5) is 5.69 Å². The molecule has 1 aliphatic rings. The van der Waals surface area contributed by atoms with Gasteiger partial charge in [0.1, 0.15) is 5.75 Å². The molecule has 5 heteroatoms. The first-order valence-electron chi connectivity index (χ1n) is 7.53. The lowest BCUT2D eigenvalue weighted by molar-refractivity contribution is 0.0952. The molecule has 3 rings (SSSR count). The molecule has 0 spiro atoms. The zero-order valence-corrected chi connectivity index (χ0v) is 12.8. The lowest BCUT2D eigenvalue weighted by Gasteiger charge is -2.12. The normalized spacial score (nSPS) is 13.3. The van der Waals surface area contributed by atoms with Crippen molar-refractivity contribution >= 4 is 17.5 Å². The van der Waals surface area contributed by atoms with Crippen LogP contribution in [-0.4, -0.2) is 25.0 Å². The Hall–Kier alpha value is -2.82. The molecule has 23 heavy (non-hydrogen) atoms. The fourth-order valence-corrected chi connectivity index (χ4v) is 2.30. The molecule has 2 N–H and O–H groups in total. The Kier molecular flexibility index (Phi) is 4.28. The van der Waals surface area contributed by atoms with Gasteiger partial charge in [-0.2, -0.15) is 0 Å². The first-order chi connectivity index (χ1) is 11.2. The predicted molar refractivity (Wildman–Crippen MR) is 87.9 cm³/mol. The minimum Gasteiger partial charge on any atom is -0.496 e. The number of ether oxygens (including phenoxy) is 1. The van der Waals surface area contributed by atoms with Crippen LogP contribution >= 0.6 is 0 Å². The van der Waals surface area contributed by atoms with Gasteiger partial charge in [-0.1, -0.05) is 24.3 Å². The fraction of sp³-hybridized carbons (Fsp3) is 0.222. The number of rotatable bonds is 5. The maximum Gasteiger partial charge on any atom is 0.259 e. The molecule has 0 aromatic heterocycles. The van der Waals surface area contributed by atoms with Gasteiger partial charge >= 0.3 is 0 Å². The van der Waals surface area contributed by atoms with E-state index in [1.165, 1.54) is 7.11 Å². The van der Waals surface area contributed by atoms with Crippen molar-refractivity contribution in [2.45, 2.75) is 18.9 Å². The Morgan fingerprint density at radius 3 is 2.30 bits per heavy atom. The number of anilines is 1. The maximum absolute atomic E-state index is 12.5. The number of carbonyl (C=O) groups is 2. The van der Waals surface area contributed by atoms with Gasteiger partial charge in [0.15, 0.2) is 0 Å². The number of hydrogen-bond donors (Lipinski definition) is 2. The number of methoxy groups -OCH3 is 1. The van der Waals surface area contributed by atoms with Gasteiger partial charge in [-0.25, -0.2) is 0 Å². The maximum atomic E-state index is 12.5. The summed E-state index contributed by atoms with van der Waals surface area (Å²) in [6.45, 7) is 0. The van der Waals surface area contributed by atoms with E-state index in [0.29, 0.717) is 22.6 Å². The molecule has 1 saturated carbocycles. The molecule has 1 fully saturated rings. The SMILES string of the molecule is COc1ccccc1C(=O)Nc1ccccc1C(=O)NC1CC1. The summed E-state index contributed by atoms with van der Waals surface area (Å²) < 4.78 is 5.20. The molecule has 0 atom stereocenters. The van der Waals surface area contributed by atoms with E-state index >= 15 is 0 Å². The largest absolute Gasteiger partial charge is 0.496 e. The van der Waals surface area contributed by atoms with E-state index in [-0.39, 0.29) is 17.9 Å². The molecule has 0 bridgehead atoms. The van der Waals surface area contributed by atoms with Gasteiger partial charge in [0, 0.05) is 6.04 Å². The van der Waals surface area contributed by atoms with E-state index in [0.717, 1.165) is 12.8 Å². The summed E-state index contributed by atoms with van der Waals surface area (Å²) >= 11 is 0. The zero-order chi connectivity index (χ0) is 16.2. The number of para-hydroxylation sites is 2. The summed E-state index contributed by atoms with van der Waals surface area (Å²) in [5.74, 6) is 0.0162. The number of benzene rings is 2. The van der Waals surface area contributed by atoms with Crippen molar-refractivity contribution in [1.82, 2.24) is 5.32 Å². The van der Waals surface area contributed by atoms with Crippen LogP contribution in [0.25, 0.3) is 0 Å². The second-order valence-electron chi connectivity index (χ2n) is 5.45. The van der Waals surface area contributed by atoms with Crippen LogP contribution in [0.15, 0.2) is 48.5 Å². The van der Waals surface area contributed by atoms with Crippen molar-refractivity contribution in [3.05, 3.63) is 59.7 Å². The lowest BCUT2D eigenvalue weighted by atomic mass is 10.1. The molecule has 0 unspecified atom stereocenters. The van der Waals surface area contributed by atoms with Crippen molar-refractivity contribution in [3.8, 4) is 5.75 Å². The van der Waals surface area contributed by atoms with Gasteiger partial charge in [0.25, 0.3) is 11.8 Å². The summed E-state index contributed by atoms with van der Waals surface area (Å²) in [5, 5.41) is 5.73. The monoisotopic (exact) mass is 310 g/mol. The summed E-state index contributed by atoms with van der Waals surface area (Å²) in [4.78, 5) is 24.8. The highest BCUT2D eigenvalue weighted by atomic mass is 16.5. The van der Waals surface area contributed by atoms with Crippen molar-refractivity contribution < 1.29 is 14.3 Å². The average molecular weight is 310 g/mol. The van der Waals surface area contributed by atoms with Crippen LogP contribution in [0.1, 0.15) is 33.6 Å². The van der Waals surface area contributed by atoms with E-state index < -0.39 is 0 Å². The molecule has 5 nitrogen and oxygen atoms in total. The summed E-state index contributed by atoms with van der Waals surface area (Å²) in [5.41, 5.74) is 1.37. The number of amides is 2. The second kappa shape index (κ2) is 6.52. The van der Waals surface area contributed by atoms with E-state index in [1.807, 2.05) is 0 Å². The smallest absolute Gasteiger partial charge is 0.259 e. The number of hydrogen-bond acceptors (Lipinski definition) is 3. The average Bonchev–Trinajstić information content (AvgIpc) is 3.39. The van der Waals surface area contributed by atoms with E-state index in [9.17, 15) is 9.59 Å². The first kappa shape index (κ1) is 15.1. The molecule has 0 aliphatic heterocycles. The molecular formula is C18H18N2O3. The van der Waals surface area contributed by atoms with Gasteiger partial charge in [0.2, 0.25) is 0 Å². The molecule has 2 amide bonds. The van der Waals surface area contributed by atoms with Crippen LogP contribution < -0.4 is 15.4 Å². The minimum atomic E-state index is -0.311. The van der Waals surface area contributed by atoms with Crippen molar-refractivity contribution in [1.29, 1.82) is 0 Å². The van der Waals surface area contributed by atoms with E-state index in [2.05, 4.69) is 10.6 Å². The highest BCUT2D eigenvalue weighted by molar-refractivity contribution is 6.10. The summed E-state index contributed by atoms with van der Waals surface area (Å²) in [6, 6.07) is 14.2. The van der Waals surface area contributed by atoms with Crippen LogP contribution in [0.2, 0.25) is 0 Å². The van der Waals surface area contributed by atoms with Crippen molar-refractivity contribution in [2.24, 2.45) is 0 Å². The van der Waals surface area contributed by atoms with Crippen molar-refractivity contribution in [3.63, 3.8) is 0 Å².